The predicted molar refractivity (Wildman–Crippen MR) is 94.4 cm³/mol. The molecule has 2 aromatic carbocycles. The molecule has 0 atom stereocenters. The lowest BCUT2D eigenvalue weighted by Gasteiger charge is -2.08. The first kappa shape index (κ1) is 16.9. The molecule has 0 aliphatic rings. The zero-order chi connectivity index (χ0) is 16.8. The van der Waals surface area contributed by atoms with Crippen molar-refractivity contribution in [1.29, 1.82) is 0 Å². The number of rotatable bonds is 3. The van der Waals surface area contributed by atoms with E-state index < -0.39 is 11.8 Å². The van der Waals surface area contributed by atoms with E-state index in [4.69, 9.17) is 0 Å². The number of amides is 2. The van der Waals surface area contributed by atoms with E-state index in [1.54, 1.807) is 0 Å². The van der Waals surface area contributed by atoms with Gasteiger partial charge in [-0.15, -0.1) is 0 Å². The van der Waals surface area contributed by atoms with Gasteiger partial charge in [0.1, 0.15) is 0 Å². The monoisotopic (exact) mass is 373 g/mol. The van der Waals surface area contributed by atoms with Crippen LogP contribution < -0.4 is 10.7 Å². The maximum Gasteiger partial charge on any atom is 0.329 e. The number of hydrazone groups is 1. The Morgan fingerprint density at radius 1 is 1.09 bits per heavy atom. The highest BCUT2D eigenvalue weighted by molar-refractivity contribution is 9.10. The second-order valence-electron chi connectivity index (χ2n) is 5.03. The lowest BCUT2D eigenvalue weighted by molar-refractivity contribution is -0.136. The molecule has 0 unspecified atom stereocenters. The third-order valence-corrected chi connectivity index (χ3v) is 3.57. The van der Waals surface area contributed by atoms with E-state index in [9.17, 15) is 9.59 Å². The van der Waals surface area contributed by atoms with Crippen molar-refractivity contribution >= 4 is 39.6 Å². The summed E-state index contributed by atoms with van der Waals surface area (Å²) in [6, 6.07) is 13.0. The van der Waals surface area contributed by atoms with Crippen LogP contribution in [-0.2, 0) is 9.59 Å². The Bertz CT molecular complexity index is 772. The molecule has 2 amide bonds. The molecule has 2 rings (SSSR count). The first-order chi connectivity index (χ1) is 11.0. The van der Waals surface area contributed by atoms with E-state index in [0.717, 1.165) is 21.2 Å². The quantitative estimate of drug-likeness (QED) is 0.492. The molecular weight excluding hydrogens is 358 g/mol. The van der Waals surface area contributed by atoms with Crippen molar-refractivity contribution in [3.8, 4) is 0 Å². The maximum absolute atomic E-state index is 11.9. The van der Waals surface area contributed by atoms with Crippen molar-refractivity contribution in [2.45, 2.75) is 13.8 Å². The highest BCUT2D eigenvalue weighted by atomic mass is 79.9. The summed E-state index contributed by atoms with van der Waals surface area (Å²) < 4.78 is 0.903. The summed E-state index contributed by atoms with van der Waals surface area (Å²) in [5.74, 6) is -1.58. The van der Waals surface area contributed by atoms with Gasteiger partial charge in [-0.05, 0) is 48.7 Å². The molecular formula is C17H16BrN3O2. The fourth-order valence-electron chi connectivity index (χ4n) is 1.85. The van der Waals surface area contributed by atoms with Crippen LogP contribution in [0.2, 0.25) is 0 Å². The van der Waals surface area contributed by atoms with Crippen LogP contribution in [0.1, 0.15) is 16.7 Å². The van der Waals surface area contributed by atoms with Gasteiger partial charge in [0.15, 0.2) is 0 Å². The summed E-state index contributed by atoms with van der Waals surface area (Å²) in [6.07, 6.45) is 1.47. The first-order valence-electron chi connectivity index (χ1n) is 6.93. The van der Waals surface area contributed by atoms with Gasteiger partial charge in [-0.2, -0.15) is 5.10 Å². The standard InChI is InChI=1S/C17H16BrN3O2/c1-11-6-7-12(2)15(8-11)20-16(22)17(23)21-19-10-13-4-3-5-14(18)9-13/h3-10H,1-2H3,(H,20,22)(H,21,23)/b19-10-. The minimum atomic E-state index is -0.822. The number of hydrogen-bond donors (Lipinski definition) is 2. The molecule has 0 heterocycles. The molecule has 0 saturated heterocycles. The number of carbonyl (C=O) groups is 2. The van der Waals surface area contributed by atoms with E-state index in [1.165, 1.54) is 6.21 Å². The Hall–Kier alpha value is -2.47. The van der Waals surface area contributed by atoms with Crippen LogP contribution in [0, 0.1) is 13.8 Å². The summed E-state index contributed by atoms with van der Waals surface area (Å²) in [5, 5.41) is 6.36. The van der Waals surface area contributed by atoms with Crippen LogP contribution in [-0.4, -0.2) is 18.0 Å². The van der Waals surface area contributed by atoms with Crippen molar-refractivity contribution in [2.24, 2.45) is 5.10 Å². The van der Waals surface area contributed by atoms with Crippen molar-refractivity contribution in [1.82, 2.24) is 5.43 Å². The van der Waals surface area contributed by atoms with Crippen molar-refractivity contribution in [3.63, 3.8) is 0 Å². The average molecular weight is 374 g/mol. The van der Waals surface area contributed by atoms with Gasteiger partial charge in [-0.25, -0.2) is 5.43 Å². The molecule has 0 aromatic heterocycles. The number of hydrogen-bond acceptors (Lipinski definition) is 3. The van der Waals surface area contributed by atoms with Crippen molar-refractivity contribution in [2.75, 3.05) is 5.32 Å². The molecule has 118 valence electrons. The summed E-state index contributed by atoms with van der Waals surface area (Å²) in [4.78, 5) is 23.6. The smallest absolute Gasteiger partial charge is 0.317 e. The van der Waals surface area contributed by atoms with Crippen molar-refractivity contribution < 1.29 is 9.59 Å². The van der Waals surface area contributed by atoms with Crippen LogP contribution in [0.15, 0.2) is 52.0 Å². The average Bonchev–Trinajstić information content (AvgIpc) is 2.51. The van der Waals surface area contributed by atoms with Gasteiger partial charge in [-0.1, -0.05) is 40.2 Å². The number of aryl methyl sites for hydroxylation is 2. The van der Waals surface area contributed by atoms with Gasteiger partial charge in [0.25, 0.3) is 0 Å². The summed E-state index contributed by atoms with van der Waals surface area (Å²) in [5.41, 5.74) is 5.50. The molecule has 5 nitrogen and oxygen atoms in total. The lowest BCUT2D eigenvalue weighted by atomic mass is 10.1. The Labute approximate surface area is 142 Å². The highest BCUT2D eigenvalue weighted by Gasteiger charge is 2.13. The molecule has 0 radical (unpaired) electrons. The number of anilines is 1. The molecule has 2 aromatic rings. The molecule has 0 aliphatic heterocycles. The van der Waals surface area contributed by atoms with E-state index >= 15 is 0 Å². The molecule has 0 fully saturated rings. The van der Waals surface area contributed by atoms with Crippen LogP contribution >= 0.6 is 15.9 Å². The lowest BCUT2D eigenvalue weighted by Crippen LogP contribution is -2.32. The second kappa shape index (κ2) is 7.69. The number of halogens is 1. The number of nitrogens with zero attached hydrogens (tertiary/aromatic N) is 1. The van der Waals surface area contributed by atoms with Gasteiger partial charge in [0.2, 0.25) is 0 Å². The molecule has 0 spiro atoms. The molecule has 0 bridgehead atoms. The summed E-state index contributed by atoms with van der Waals surface area (Å²) >= 11 is 3.34. The van der Waals surface area contributed by atoms with E-state index in [1.807, 2.05) is 56.3 Å². The number of carbonyl (C=O) groups excluding carboxylic acids is 2. The van der Waals surface area contributed by atoms with E-state index in [2.05, 4.69) is 31.8 Å². The minimum absolute atomic E-state index is 0.612. The van der Waals surface area contributed by atoms with Crippen LogP contribution in [0.3, 0.4) is 0 Å². The Morgan fingerprint density at radius 2 is 1.87 bits per heavy atom. The van der Waals surface area contributed by atoms with E-state index in [0.29, 0.717) is 5.69 Å². The fraction of sp³-hybridized carbons (Fsp3) is 0.118. The van der Waals surface area contributed by atoms with Crippen LogP contribution in [0.5, 0.6) is 0 Å². The topological polar surface area (TPSA) is 70.6 Å². The summed E-state index contributed by atoms with van der Waals surface area (Å²) in [7, 11) is 0. The number of benzene rings is 2. The third kappa shape index (κ3) is 5.03. The Kier molecular flexibility index (Phi) is 5.65. The van der Waals surface area contributed by atoms with Crippen molar-refractivity contribution in [3.05, 3.63) is 63.6 Å². The predicted octanol–water partition coefficient (Wildman–Crippen LogP) is 3.15. The van der Waals surface area contributed by atoms with Gasteiger partial charge >= 0.3 is 11.8 Å². The van der Waals surface area contributed by atoms with Gasteiger partial charge in [0, 0.05) is 10.2 Å². The second-order valence-corrected chi connectivity index (χ2v) is 5.94. The minimum Gasteiger partial charge on any atom is -0.317 e. The first-order valence-corrected chi connectivity index (χ1v) is 7.72. The largest absolute Gasteiger partial charge is 0.329 e. The van der Waals surface area contributed by atoms with Gasteiger partial charge < -0.3 is 5.32 Å². The molecule has 23 heavy (non-hydrogen) atoms. The third-order valence-electron chi connectivity index (χ3n) is 3.08. The normalized spacial score (nSPS) is 10.6. The maximum atomic E-state index is 11.9. The highest BCUT2D eigenvalue weighted by Crippen LogP contribution is 2.16. The number of nitrogens with one attached hydrogen (secondary N) is 2. The Balaban J connectivity index is 1.95. The zero-order valence-corrected chi connectivity index (χ0v) is 14.3. The Morgan fingerprint density at radius 3 is 2.61 bits per heavy atom. The molecule has 0 aliphatic carbocycles. The molecule has 6 heteroatoms. The van der Waals surface area contributed by atoms with Crippen LogP contribution in [0.25, 0.3) is 0 Å². The summed E-state index contributed by atoms with van der Waals surface area (Å²) in [6.45, 7) is 3.77. The molecule has 2 N–H and O–H groups in total. The SMILES string of the molecule is Cc1ccc(C)c(NC(=O)C(=O)N/N=C\c2cccc(Br)c2)c1. The fourth-order valence-corrected chi connectivity index (χ4v) is 2.27. The van der Waals surface area contributed by atoms with Crippen LogP contribution in [0.4, 0.5) is 5.69 Å². The van der Waals surface area contributed by atoms with Gasteiger partial charge in [-0.3, -0.25) is 9.59 Å². The molecule has 0 saturated carbocycles. The van der Waals surface area contributed by atoms with E-state index in [-0.39, 0.29) is 0 Å². The van der Waals surface area contributed by atoms with Gasteiger partial charge in [0.05, 0.1) is 6.21 Å². The zero-order valence-electron chi connectivity index (χ0n) is 12.8.